The van der Waals surface area contributed by atoms with Gasteiger partial charge in [-0.05, 0) is 55.3 Å². The molecule has 0 saturated heterocycles. The van der Waals surface area contributed by atoms with Crippen LogP contribution in [0, 0.1) is 13.8 Å². The molecule has 0 radical (unpaired) electrons. The van der Waals surface area contributed by atoms with E-state index in [0.29, 0.717) is 0 Å². The fourth-order valence-corrected chi connectivity index (χ4v) is 4.61. The van der Waals surface area contributed by atoms with Crippen molar-refractivity contribution in [2.75, 3.05) is 0 Å². The van der Waals surface area contributed by atoms with Crippen molar-refractivity contribution in [3.8, 4) is 16.8 Å². The number of furan rings is 1. The molecule has 0 atom stereocenters. The molecule has 2 aromatic heterocycles. The van der Waals surface area contributed by atoms with Crippen molar-refractivity contribution in [2.24, 2.45) is 0 Å². The molecule has 0 bridgehead atoms. The molecule has 6 aromatic rings. The number of aromatic nitrogens is 1. The average Bonchev–Trinajstić information content (AvgIpc) is 3.28. The van der Waals surface area contributed by atoms with Crippen LogP contribution >= 0.6 is 0 Å². The van der Waals surface area contributed by atoms with E-state index in [2.05, 4.69) is 102 Å². The standard InChI is InChI=1S/C28H21NO/c1-18-19(2)30-27-16-15-20(17-25(18)27)22-12-8-13-24-23-11-6-7-14-26(23)29(28(22)24)21-9-4-3-5-10-21/h3-17H,1-2H3. The minimum absolute atomic E-state index is 0.949. The van der Waals surface area contributed by atoms with Gasteiger partial charge in [0.2, 0.25) is 0 Å². The summed E-state index contributed by atoms with van der Waals surface area (Å²) in [5.74, 6) is 0.985. The minimum atomic E-state index is 0.949. The van der Waals surface area contributed by atoms with Crippen LogP contribution in [-0.2, 0) is 0 Å². The number of aryl methyl sites for hydroxylation is 2. The van der Waals surface area contributed by atoms with Crippen molar-refractivity contribution in [3.05, 3.63) is 102 Å². The van der Waals surface area contributed by atoms with E-state index < -0.39 is 0 Å². The second-order valence-electron chi connectivity index (χ2n) is 7.88. The summed E-state index contributed by atoms with van der Waals surface area (Å²) in [4.78, 5) is 0. The van der Waals surface area contributed by atoms with E-state index >= 15 is 0 Å². The molecule has 0 aliphatic heterocycles. The summed E-state index contributed by atoms with van der Waals surface area (Å²) in [7, 11) is 0. The third kappa shape index (κ3) is 2.37. The second-order valence-corrected chi connectivity index (χ2v) is 7.88. The Hall–Kier alpha value is -3.78. The first-order chi connectivity index (χ1) is 14.7. The summed E-state index contributed by atoms with van der Waals surface area (Å²) >= 11 is 0. The molecular formula is C28H21NO. The van der Waals surface area contributed by atoms with Crippen LogP contribution in [0.4, 0.5) is 0 Å². The highest BCUT2D eigenvalue weighted by atomic mass is 16.3. The van der Waals surface area contributed by atoms with Crippen molar-refractivity contribution in [1.82, 2.24) is 4.57 Å². The van der Waals surface area contributed by atoms with E-state index in [-0.39, 0.29) is 0 Å². The van der Waals surface area contributed by atoms with Gasteiger partial charge in [-0.25, -0.2) is 0 Å². The van der Waals surface area contributed by atoms with Gasteiger partial charge in [0, 0.05) is 27.4 Å². The van der Waals surface area contributed by atoms with Gasteiger partial charge in [-0.2, -0.15) is 0 Å². The summed E-state index contributed by atoms with van der Waals surface area (Å²) in [5, 5.41) is 3.73. The lowest BCUT2D eigenvalue weighted by Crippen LogP contribution is -1.95. The molecule has 0 N–H and O–H groups in total. The molecule has 4 aromatic carbocycles. The smallest absolute Gasteiger partial charge is 0.134 e. The largest absolute Gasteiger partial charge is 0.461 e. The van der Waals surface area contributed by atoms with E-state index in [9.17, 15) is 0 Å². The maximum atomic E-state index is 5.91. The quantitative estimate of drug-likeness (QED) is 0.296. The Balaban J connectivity index is 1.75. The number of rotatable bonds is 2. The summed E-state index contributed by atoms with van der Waals surface area (Å²) in [5.41, 5.74) is 8.23. The molecule has 2 nitrogen and oxygen atoms in total. The number of hydrogen-bond acceptors (Lipinski definition) is 1. The summed E-state index contributed by atoms with van der Waals surface area (Å²) in [6, 6.07) is 32.4. The van der Waals surface area contributed by atoms with E-state index in [1.807, 2.05) is 6.92 Å². The first-order valence-corrected chi connectivity index (χ1v) is 10.3. The van der Waals surface area contributed by atoms with Crippen LogP contribution in [0.3, 0.4) is 0 Å². The first kappa shape index (κ1) is 17.1. The Labute approximate surface area is 175 Å². The molecule has 0 fully saturated rings. The second kappa shape index (κ2) is 6.36. The van der Waals surface area contributed by atoms with E-state index in [1.54, 1.807) is 0 Å². The maximum Gasteiger partial charge on any atom is 0.134 e. The molecule has 6 rings (SSSR count). The third-order valence-electron chi connectivity index (χ3n) is 6.19. The van der Waals surface area contributed by atoms with Gasteiger partial charge >= 0.3 is 0 Å². The zero-order chi connectivity index (χ0) is 20.2. The Morgan fingerprint density at radius 1 is 0.667 bits per heavy atom. The van der Waals surface area contributed by atoms with Crippen molar-refractivity contribution in [2.45, 2.75) is 13.8 Å². The summed E-state index contributed by atoms with van der Waals surface area (Å²) in [6.07, 6.45) is 0. The molecule has 2 heterocycles. The fraction of sp³-hybridized carbons (Fsp3) is 0.0714. The molecule has 144 valence electrons. The lowest BCUT2D eigenvalue weighted by atomic mass is 9.99. The Kier molecular flexibility index (Phi) is 3.63. The summed E-state index contributed by atoms with van der Waals surface area (Å²) < 4.78 is 8.30. The molecule has 0 amide bonds. The normalized spacial score (nSPS) is 11.7. The fourth-order valence-electron chi connectivity index (χ4n) is 4.61. The van der Waals surface area contributed by atoms with Crippen molar-refractivity contribution in [3.63, 3.8) is 0 Å². The van der Waals surface area contributed by atoms with Gasteiger partial charge in [-0.15, -0.1) is 0 Å². The topological polar surface area (TPSA) is 18.1 Å². The van der Waals surface area contributed by atoms with E-state index in [1.165, 1.54) is 49.6 Å². The molecule has 2 heteroatoms. The zero-order valence-corrected chi connectivity index (χ0v) is 17.0. The molecule has 0 saturated carbocycles. The van der Waals surface area contributed by atoms with Crippen LogP contribution in [0.5, 0.6) is 0 Å². The minimum Gasteiger partial charge on any atom is -0.461 e. The van der Waals surface area contributed by atoms with Crippen molar-refractivity contribution in [1.29, 1.82) is 0 Å². The highest BCUT2D eigenvalue weighted by molar-refractivity contribution is 6.14. The van der Waals surface area contributed by atoms with Crippen LogP contribution in [0.25, 0.3) is 49.6 Å². The predicted octanol–water partition coefficient (Wildman–Crippen LogP) is 7.81. The van der Waals surface area contributed by atoms with Gasteiger partial charge in [0.1, 0.15) is 11.3 Å². The Bertz CT molecular complexity index is 1550. The predicted molar refractivity (Wildman–Crippen MR) is 125 cm³/mol. The van der Waals surface area contributed by atoms with E-state index in [4.69, 9.17) is 4.42 Å². The van der Waals surface area contributed by atoms with Crippen LogP contribution < -0.4 is 0 Å². The Morgan fingerprint density at radius 2 is 1.43 bits per heavy atom. The molecular weight excluding hydrogens is 366 g/mol. The monoisotopic (exact) mass is 387 g/mol. The lowest BCUT2D eigenvalue weighted by molar-refractivity contribution is 0.575. The average molecular weight is 387 g/mol. The van der Waals surface area contributed by atoms with Gasteiger partial charge in [-0.1, -0.05) is 60.7 Å². The number of para-hydroxylation sites is 3. The van der Waals surface area contributed by atoms with Gasteiger partial charge in [0.25, 0.3) is 0 Å². The molecule has 0 unspecified atom stereocenters. The Morgan fingerprint density at radius 3 is 2.30 bits per heavy atom. The number of hydrogen-bond donors (Lipinski definition) is 0. The lowest BCUT2D eigenvalue weighted by Gasteiger charge is -2.11. The van der Waals surface area contributed by atoms with Crippen LogP contribution in [-0.4, -0.2) is 4.57 Å². The van der Waals surface area contributed by atoms with Gasteiger partial charge in [0.05, 0.1) is 11.0 Å². The highest BCUT2D eigenvalue weighted by Gasteiger charge is 2.17. The number of fused-ring (bicyclic) bond motifs is 4. The van der Waals surface area contributed by atoms with Crippen molar-refractivity contribution >= 4 is 32.8 Å². The molecule has 30 heavy (non-hydrogen) atoms. The van der Waals surface area contributed by atoms with Crippen LogP contribution in [0.15, 0.2) is 95.4 Å². The van der Waals surface area contributed by atoms with Crippen molar-refractivity contribution < 1.29 is 4.42 Å². The van der Waals surface area contributed by atoms with Gasteiger partial charge < -0.3 is 8.98 Å². The van der Waals surface area contributed by atoms with Crippen LogP contribution in [0.1, 0.15) is 11.3 Å². The maximum absolute atomic E-state index is 5.91. The third-order valence-corrected chi connectivity index (χ3v) is 6.19. The van der Waals surface area contributed by atoms with E-state index in [0.717, 1.165) is 11.3 Å². The van der Waals surface area contributed by atoms with Gasteiger partial charge in [-0.3, -0.25) is 0 Å². The summed E-state index contributed by atoms with van der Waals surface area (Å²) in [6.45, 7) is 4.16. The van der Waals surface area contributed by atoms with Gasteiger partial charge in [0.15, 0.2) is 0 Å². The highest BCUT2D eigenvalue weighted by Crippen LogP contribution is 2.39. The number of nitrogens with zero attached hydrogens (tertiary/aromatic N) is 1. The molecule has 0 aliphatic rings. The van der Waals surface area contributed by atoms with Crippen LogP contribution in [0.2, 0.25) is 0 Å². The SMILES string of the molecule is Cc1oc2ccc(-c3cccc4c5ccccc5n(-c5ccccc5)c34)cc2c1C. The first-order valence-electron chi connectivity index (χ1n) is 10.3. The number of benzene rings is 4. The molecule has 0 spiro atoms. The zero-order valence-electron chi connectivity index (χ0n) is 17.0. The molecule has 0 aliphatic carbocycles.